The molecule has 1 atom stereocenters. The summed E-state index contributed by atoms with van der Waals surface area (Å²) in [7, 11) is -3.82. The Morgan fingerprint density at radius 2 is 1.42 bits per heavy atom. The highest BCUT2D eigenvalue weighted by atomic mass is 32.2. The molecule has 5 nitrogen and oxygen atoms in total. The monoisotopic (exact) mass is 434 g/mol. The Balaban J connectivity index is 1.64. The molecule has 31 heavy (non-hydrogen) atoms. The lowest BCUT2D eigenvalue weighted by molar-refractivity contribution is -0.122. The summed E-state index contributed by atoms with van der Waals surface area (Å²) in [6.07, 6.45) is 4.88. The lowest BCUT2D eigenvalue weighted by Crippen LogP contribution is -2.48. The number of benzene rings is 3. The highest BCUT2D eigenvalue weighted by Gasteiger charge is 2.25. The van der Waals surface area contributed by atoms with Gasteiger partial charge in [-0.1, -0.05) is 91.0 Å². The van der Waals surface area contributed by atoms with Crippen LogP contribution in [0.1, 0.15) is 17.5 Å². The van der Waals surface area contributed by atoms with E-state index in [2.05, 4.69) is 10.0 Å². The van der Waals surface area contributed by atoms with E-state index in [1.54, 1.807) is 18.2 Å². The van der Waals surface area contributed by atoms with E-state index in [4.69, 9.17) is 0 Å². The fraction of sp³-hybridized carbons (Fsp3) is 0.160. The third kappa shape index (κ3) is 7.20. The first-order valence-electron chi connectivity index (χ1n) is 10.2. The summed E-state index contributed by atoms with van der Waals surface area (Å²) < 4.78 is 28.1. The van der Waals surface area contributed by atoms with Crippen LogP contribution in [0.2, 0.25) is 0 Å². The summed E-state index contributed by atoms with van der Waals surface area (Å²) in [4.78, 5) is 13.0. The van der Waals surface area contributed by atoms with Gasteiger partial charge in [-0.15, -0.1) is 0 Å². The second-order valence-corrected chi connectivity index (χ2v) is 8.78. The number of hydrogen-bond donors (Lipinski definition) is 2. The predicted octanol–water partition coefficient (Wildman–Crippen LogP) is 3.80. The standard InChI is InChI=1S/C25H26N2O3S/c28-25(26-19-11-10-14-21-12-4-1-5-13-21)24(20-22-15-6-2-7-16-22)27-31(29,30)23-17-8-3-9-18-23/h1-10,12-18,24,27H,11,19-20H2,(H,26,28). The fourth-order valence-corrected chi connectivity index (χ4v) is 4.29. The van der Waals surface area contributed by atoms with Crippen LogP contribution in [0, 0.1) is 0 Å². The SMILES string of the molecule is O=C(NCCC=Cc1ccccc1)C(Cc1ccccc1)NS(=O)(=O)c1ccccc1. The molecular formula is C25H26N2O3S. The topological polar surface area (TPSA) is 75.3 Å². The van der Waals surface area contributed by atoms with Crippen molar-refractivity contribution in [1.82, 2.24) is 10.0 Å². The second kappa shape index (κ2) is 11.2. The summed E-state index contributed by atoms with van der Waals surface area (Å²) in [5, 5.41) is 2.85. The lowest BCUT2D eigenvalue weighted by Gasteiger charge is -2.18. The maximum absolute atomic E-state index is 12.8. The molecule has 3 rings (SSSR count). The molecule has 160 valence electrons. The highest BCUT2D eigenvalue weighted by molar-refractivity contribution is 7.89. The normalized spacial score (nSPS) is 12.5. The summed E-state index contributed by atoms with van der Waals surface area (Å²) in [6, 6.07) is 26.4. The van der Waals surface area contributed by atoms with Gasteiger partial charge in [0.05, 0.1) is 4.90 Å². The van der Waals surface area contributed by atoms with Crippen LogP contribution in [0.5, 0.6) is 0 Å². The summed E-state index contributed by atoms with van der Waals surface area (Å²) in [6.45, 7) is 0.417. The molecule has 0 aliphatic carbocycles. The van der Waals surface area contributed by atoms with Gasteiger partial charge in [-0.05, 0) is 36.1 Å². The third-order valence-corrected chi connectivity index (χ3v) is 6.16. The first-order chi connectivity index (χ1) is 15.0. The fourth-order valence-electron chi connectivity index (χ4n) is 3.08. The first kappa shape index (κ1) is 22.5. The number of hydrogen-bond acceptors (Lipinski definition) is 3. The zero-order chi connectivity index (χ0) is 21.9. The van der Waals surface area contributed by atoms with E-state index >= 15 is 0 Å². The van der Waals surface area contributed by atoms with Crippen molar-refractivity contribution >= 4 is 22.0 Å². The first-order valence-corrected chi connectivity index (χ1v) is 11.6. The average Bonchev–Trinajstić information content (AvgIpc) is 2.80. The Bertz CT molecular complexity index is 1080. The van der Waals surface area contributed by atoms with Gasteiger partial charge < -0.3 is 5.32 Å². The molecule has 0 heterocycles. The molecule has 3 aromatic carbocycles. The number of sulfonamides is 1. The maximum atomic E-state index is 12.8. The van der Waals surface area contributed by atoms with Crippen molar-refractivity contribution in [2.24, 2.45) is 0 Å². The van der Waals surface area contributed by atoms with E-state index in [1.165, 1.54) is 12.1 Å². The van der Waals surface area contributed by atoms with Crippen LogP contribution in [0.3, 0.4) is 0 Å². The molecule has 0 radical (unpaired) electrons. The Morgan fingerprint density at radius 1 is 0.839 bits per heavy atom. The zero-order valence-corrected chi connectivity index (χ0v) is 18.0. The molecule has 2 N–H and O–H groups in total. The largest absolute Gasteiger partial charge is 0.354 e. The summed E-state index contributed by atoms with van der Waals surface area (Å²) >= 11 is 0. The molecule has 0 spiro atoms. The van der Waals surface area contributed by atoms with E-state index in [-0.39, 0.29) is 17.2 Å². The van der Waals surface area contributed by atoms with Crippen molar-refractivity contribution in [1.29, 1.82) is 0 Å². The van der Waals surface area contributed by atoms with E-state index in [0.29, 0.717) is 13.0 Å². The van der Waals surface area contributed by atoms with Gasteiger partial charge in [-0.25, -0.2) is 8.42 Å². The van der Waals surface area contributed by atoms with Gasteiger partial charge in [0.1, 0.15) is 6.04 Å². The molecule has 1 unspecified atom stereocenters. The highest BCUT2D eigenvalue weighted by Crippen LogP contribution is 2.11. The molecule has 0 aromatic heterocycles. The van der Waals surface area contributed by atoms with Crippen LogP contribution in [0.15, 0.2) is 102 Å². The van der Waals surface area contributed by atoms with Crippen molar-refractivity contribution in [2.45, 2.75) is 23.8 Å². The molecule has 0 bridgehead atoms. The molecule has 3 aromatic rings. The number of amides is 1. The van der Waals surface area contributed by atoms with Crippen LogP contribution in [0.4, 0.5) is 0 Å². The maximum Gasteiger partial charge on any atom is 0.241 e. The molecule has 0 aliphatic rings. The number of rotatable bonds is 10. The van der Waals surface area contributed by atoms with Gasteiger partial charge >= 0.3 is 0 Å². The third-order valence-electron chi connectivity index (χ3n) is 4.67. The molecule has 6 heteroatoms. The van der Waals surface area contributed by atoms with Gasteiger partial charge in [-0.2, -0.15) is 4.72 Å². The molecular weight excluding hydrogens is 408 g/mol. The van der Waals surface area contributed by atoms with Crippen LogP contribution >= 0.6 is 0 Å². The number of carbonyl (C=O) groups is 1. The number of nitrogens with one attached hydrogen (secondary N) is 2. The van der Waals surface area contributed by atoms with Crippen LogP contribution in [-0.4, -0.2) is 26.9 Å². The molecule has 0 saturated heterocycles. The minimum absolute atomic E-state index is 0.131. The van der Waals surface area contributed by atoms with Gasteiger partial charge in [-0.3, -0.25) is 4.79 Å². The minimum Gasteiger partial charge on any atom is -0.354 e. The van der Waals surface area contributed by atoms with E-state index in [1.807, 2.05) is 72.8 Å². The van der Waals surface area contributed by atoms with Crippen molar-refractivity contribution in [3.05, 3.63) is 108 Å². The zero-order valence-electron chi connectivity index (χ0n) is 17.1. The van der Waals surface area contributed by atoms with Crippen molar-refractivity contribution in [3.8, 4) is 0 Å². The molecule has 0 fully saturated rings. The smallest absolute Gasteiger partial charge is 0.241 e. The van der Waals surface area contributed by atoms with Gasteiger partial charge in [0.15, 0.2) is 0 Å². The molecule has 1 amide bonds. The summed E-state index contributed by atoms with van der Waals surface area (Å²) in [5.74, 6) is -0.350. The lowest BCUT2D eigenvalue weighted by atomic mass is 10.1. The minimum atomic E-state index is -3.82. The Kier molecular flexibility index (Phi) is 8.15. The van der Waals surface area contributed by atoms with Gasteiger partial charge in [0.25, 0.3) is 0 Å². The van der Waals surface area contributed by atoms with Crippen LogP contribution in [-0.2, 0) is 21.2 Å². The van der Waals surface area contributed by atoms with E-state index in [0.717, 1.165) is 11.1 Å². The molecule has 0 aliphatic heterocycles. The van der Waals surface area contributed by atoms with Crippen molar-refractivity contribution < 1.29 is 13.2 Å². The van der Waals surface area contributed by atoms with E-state index < -0.39 is 16.1 Å². The van der Waals surface area contributed by atoms with Crippen molar-refractivity contribution in [2.75, 3.05) is 6.54 Å². The second-order valence-electron chi connectivity index (χ2n) is 7.07. The quantitative estimate of drug-likeness (QED) is 0.477. The Morgan fingerprint density at radius 3 is 2.06 bits per heavy atom. The van der Waals surface area contributed by atoms with Gasteiger partial charge in [0, 0.05) is 6.54 Å². The van der Waals surface area contributed by atoms with Crippen LogP contribution < -0.4 is 10.0 Å². The summed E-state index contributed by atoms with van der Waals surface area (Å²) in [5.41, 5.74) is 1.97. The predicted molar refractivity (Wildman–Crippen MR) is 124 cm³/mol. The molecule has 0 saturated carbocycles. The van der Waals surface area contributed by atoms with Crippen LogP contribution in [0.25, 0.3) is 6.08 Å². The van der Waals surface area contributed by atoms with E-state index in [9.17, 15) is 13.2 Å². The Labute approximate surface area is 183 Å². The Hall–Kier alpha value is -3.22. The average molecular weight is 435 g/mol. The number of carbonyl (C=O) groups excluding carboxylic acids is 1. The van der Waals surface area contributed by atoms with Crippen molar-refractivity contribution in [3.63, 3.8) is 0 Å². The van der Waals surface area contributed by atoms with Gasteiger partial charge in [0.2, 0.25) is 15.9 Å².